The zero-order chi connectivity index (χ0) is 25.6. The van der Waals surface area contributed by atoms with Gasteiger partial charge >= 0.3 is 12.1 Å². The number of carbonyl (C=O) groups is 1. The maximum Gasteiger partial charge on any atom is 0.416 e. The molecule has 3 heterocycles. The van der Waals surface area contributed by atoms with Crippen LogP contribution in [0.1, 0.15) is 39.8 Å². The summed E-state index contributed by atoms with van der Waals surface area (Å²) in [6, 6.07) is 9.35. The van der Waals surface area contributed by atoms with Crippen molar-refractivity contribution in [3.8, 4) is 11.4 Å². The Bertz CT molecular complexity index is 1480. The predicted octanol–water partition coefficient (Wildman–Crippen LogP) is 5.33. The fourth-order valence-electron chi connectivity index (χ4n) is 4.54. The minimum atomic E-state index is -4.41. The number of hydrogen-bond acceptors (Lipinski definition) is 6. The molecule has 5 rings (SSSR count). The van der Waals surface area contributed by atoms with Gasteiger partial charge in [-0.25, -0.2) is 14.8 Å². The Labute approximate surface area is 205 Å². The van der Waals surface area contributed by atoms with Gasteiger partial charge in [0.1, 0.15) is 0 Å². The highest BCUT2D eigenvalue weighted by Gasteiger charge is 2.30. The van der Waals surface area contributed by atoms with E-state index in [2.05, 4.69) is 20.0 Å². The number of aryl methyl sites for hydroxylation is 1. The smallest absolute Gasteiger partial charge is 0.416 e. The molecule has 36 heavy (non-hydrogen) atoms. The monoisotopic (exact) mass is 495 g/mol. The van der Waals surface area contributed by atoms with Crippen LogP contribution in [-0.4, -0.2) is 38.9 Å². The van der Waals surface area contributed by atoms with Gasteiger partial charge in [0.25, 0.3) is 0 Å². The van der Waals surface area contributed by atoms with Gasteiger partial charge < -0.3 is 9.64 Å². The number of esters is 1. The molecule has 1 aliphatic rings. The molecular formula is C26H24F3N5O2. The Kier molecular flexibility index (Phi) is 5.89. The first kappa shape index (κ1) is 23.8. The molecule has 0 aliphatic carbocycles. The fourth-order valence-corrected chi connectivity index (χ4v) is 4.54. The minimum Gasteiger partial charge on any atom is -0.461 e. The van der Waals surface area contributed by atoms with Gasteiger partial charge in [0.2, 0.25) is 0 Å². The van der Waals surface area contributed by atoms with E-state index < -0.39 is 17.7 Å². The van der Waals surface area contributed by atoms with Gasteiger partial charge in [0.15, 0.2) is 11.5 Å². The van der Waals surface area contributed by atoms with Crippen LogP contribution in [0.3, 0.4) is 0 Å². The molecule has 4 aromatic rings. The van der Waals surface area contributed by atoms with Crippen LogP contribution in [0.25, 0.3) is 22.3 Å². The highest BCUT2D eigenvalue weighted by atomic mass is 19.4. The van der Waals surface area contributed by atoms with E-state index in [9.17, 15) is 18.0 Å². The molecule has 0 bridgehead atoms. The molecule has 0 N–H and O–H groups in total. The number of halogens is 3. The highest BCUT2D eigenvalue weighted by molar-refractivity contribution is 5.89. The van der Waals surface area contributed by atoms with Crippen molar-refractivity contribution < 1.29 is 22.7 Å². The van der Waals surface area contributed by atoms with E-state index in [4.69, 9.17) is 4.74 Å². The number of fused-ring (bicyclic) bond motifs is 2. The molecule has 1 aliphatic heterocycles. The molecule has 2 aromatic carbocycles. The second-order valence-corrected chi connectivity index (χ2v) is 8.75. The Hall–Kier alpha value is -3.95. The molecule has 186 valence electrons. The topological polar surface area (TPSA) is 73.1 Å². The molecule has 0 saturated heterocycles. The first-order valence-electron chi connectivity index (χ1n) is 11.6. The van der Waals surface area contributed by atoms with Crippen molar-refractivity contribution in [1.29, 1.82) is 0 Å². The van der Waals surface area contributed by atoms with Crippen molar-refractivity contribution in [3.05, 3.63) is 70.7 Å². The Morgan fingerprint density at radius 2 is 1.92 bits per heavy atom. The lowest BCUT2D eigenvalue weighted by Crippen LogP contribution is -2.34. The number of nitrogens with zero attached hydrogens (tertiary/aromatic N) is 5. The first-order valence-corrected chi connectivity index (χ1v) is 11.6. The highest BCUT2D eigenvalue weighted by Crippen LogP contribution is 2.33. The lowest BCUT2D eigenvalue weighted by atomic mass is 10.1. The molecule has 0 spiro atoms. The van der Waals surface area contributed by atoms with Crippen LogP contribution in [0.2, 0.25) is 0 Å². The summed E-state index contributed by atoms with van der Waals surface area (Å²) in [6.07, 6.45) is -2.99. The molecule has 0 saturated carbocycles. The largest absolute Gasteiger partial charge is 0.461 e. The minimum absolute atomic E-state index is 0.299. The van der Waals surface area contributed by atoms with Gasteiger partial charge in [0.05, 0.1) is 36.5 Å². The van der Waals surface area contributed by atoms with Crippen LogP contribution in [0.15, 0.2) is 42.6 Å². The summed E-state index contributed by atoms with van der Waals surface area (Å²) in [5.41, 5.74) is 4.72. The van der Waals surface area contributed by atoms with E-state index in [0.29, 0.717) is 42.1 Å². The van der Waals surface area contributed by atoms with E-state index in [1.54, 1.807) is 6.92 Å². The number of alkyl halides is 3. The van der Waals surface area contributed by atoms with Crippen molar-refractivity contribution in [2.24, 2.45) is 0 Å². The van der Waals surface area contributed by atoms with E-state index in [-0.39, 0.29) is 0 Å². The number of rotatable bonds is 4. The SMILES string of the molecule is CCOC(=O)c1nn2c(c1C)CN(c1ccc(-c3ncc4cc(C(F)(F)F)ccc4n3)cc1C)CC2. The normalized spacial score (nSPS) is 13.7. The molecule has 0 atom stereocenters. The maximum atomic E-state index is 13.0. The van der Waals surface area contributed by atoms with Gasteiger partial charge in [-0.3, -0.25) is 4.68 Å². The third-order valence-corrected chi connectivity index (χ3v) is 6.41. The third-order valence-electron chi connectivity index (χ3n) is 6.41. The number of aromatic nitrogens is 4. The first-order chi connectivity index (χ1) is 17.2. The average Bonchev–Trinajstić information content (AvgIpc) is 3.18. The zero-order valence-corrected chi connectivity index (χ0v) is 20.1. The molecule has 0 radical (unpaired) electrons. The van der Waals surface area contributed by atoms with Gasteiger partial charge in [-0.15, -0.1) is 0 Å². The quantitative estimate of drug-likeness (QED) is 0.357. The molecule has 0 amide bonds. The second kappa shape index (κ2) is 8.92. The average molecular weight is 496 g/mol. The van der Waals surface area contributed by atoms with Crippen LogP contribution >= 0.6 is 0 Å². The molecule has 10 heteroatoms. The van der Waals surface area contributed by atoms with Crippen LogP contribution < -0.4 is 4.90 Å². The summed E-state index contributed by atoms with van der Waals surface area (Å²) in [7, 11) is 0. The van der Waals surface area contributed by atoms with E-state index in [1.807, 2.05) is 36.7 Å². The lowest BCUT2D eigenvalue weighted by molar-refractivity contribution is -0.137. The number of ether oxygens (including phenoxy) is 1. The third kappa shape index (κ3) is 4.27. The van der Waals surface area contributed by atoms with E-state index in [0.717, 1.165) is 46.7 Å². The van der Waals surface area contributed by atoms with Crippen LogP contribution in [0, 0.1) is 13.8 Å². The van der Waals surface area contributed by atoms with Gasteiger partial charge in [-0.2, -0.15) is 18.3 Å². The van der Waals surface area contributed by atoms with Crippen molar-refractivity contribution in [3.63, 3.8) is 0 Å². The number of carbonyl (C=O) groups excluding carboxylic acids is 1. The van der Waals surface area contributed by atoms with Crippen LogP contribution in [0.5, 0.6) is 0 Å². The summed E-state index contributed by atoms with van der Waals surface area (Å²) < 4.78 is 46.0. The van der Waals surface area contributed by atoms with E-state index in [1.165, 1.54) is 12.3 Å². The zero-order valence-electron chi connectivity index (χ0n) is 20.1. The second-order valence-electron chi connectivity index (χ2n) is 8.75. The summed E-state index contributed by atoms with van der Waals surface area (Å²) in [5, 5.41) is 4.79. The van der Waals surface area contributed by atoms with Crippen molar-refractivity contribution in [2.75, 3.05) is 18.1 Å². The van der Waals surface area contributed by atoms with Gasteiger partial charge in [-0.05, 0) is 62.7 Å². The maximum absolute atomic E-state index is 13.0. The predicted molar refractivity (Wildman–Crippen MR) is 129 cm³/mol. The molecule has 0 unspecified atom stereocenters. The van der Waals surface area contributed by atoms with Crippen LogP contribution in [0.4, 0.5) is 18.9 Å². The van der Waals surface area contributed by atoms with Crippen LogP contribution in [-0.2, 0) is 24.0 Å². The number of benzene rings is 2. The summed E-state index contributed by atoms with van der Waals surface area (Å²) in [4.78, 5) is 23.3. The standard InChI is InChI=1S/C26H24F3N5O2/c1-4-36-25(35)23-16(3)22-14-33(9-10-34(22)32-23)21-8-5-17(11-15(21)2)24-30-13-18-12-19(26(27,28)29)6-7-20(18)31-24/h5-8,11-13H,4,9-10,14H2,1-3H3. The lowest BCUT2D eigenvalue weighted by Gasteiger charge is -2.31. The van der Waals surface area contributed by atoms with Crippen molar-refractivity contribution >= 4 is 22.6 Å². The fraction of sp³-hybridized carbons (Fsp3) is 0.308. The van der Waals surface area contributed by atoms with Gasteiger partial charge in [0, 0.05) is 34.9 Å². The molecule has 7 nitrogen and oxygen atoms in total. The Morgan fingerprint density at radius 1 is 1.11 bits per heavy atom. The number of anilines is 1. The summed E-state index contributed by atoms with van der Waals surface area (Å²) in [6.45, 7) is 7.93. The van der Waals surface area contributed by atoms with Crippen molar-refractivity contribution in [1.82, 2.24) is 19.7 Å². The molecular weight excluding hydrogens is 471 g/mol. The molecule has 2 aromatic heterocycles. The van der Waals surface area contributed by atoms with Gasteiger partial charge in [-0.1, -0.05) is 0 Å². The molecule has 0 fully saturated rings. The van der Waals surface area contributed by atoms with E-state index >= 15 is 0 Å². The summed E-state index contributed by atoms with van der Waals surface area (Å²) in [5.74, 6) is 0.0394. The Morgan fingerprint density at radius 3 is 2.64 bits per heavy atom. The number of hydrogen-bond donors (Lipinski definition) is 0. The Balaban J connectivity index is 1.40. The van der Waals surface area contributed by atoms with Crippen molar-refractivity contribution in [2.45, 2.75) is 40.0 Å². The summed E-state index contributed by atoms with van der Waals surface area (Å²) >= 11 is 0.